The number of ether oxygens (including phenoxy) is 1. The maximum absolute atomic E-state index is 13.3. The summed E-state index contributed by atoms with van der Waals surface area (Å²) in [4.78, 5) is 66.7. The normalized spacial score (nSPS) is 17.4. The number of carbonyl (C=O) groups excluding carboxylic acids is 3. The number of aromatic amines is 1. The zero-order valence-electron chi connectivity index (χ0n) is 40.8. The van der Waals surface area contributed by atoms with E-state index in [0.717, 1.165) is 114 Å². The summed E-state index contributed by atoms with van der Waals surface area (Å²) < 4.78 is 11.0. The van der Waals surface area contributed by atoms with Crippen LogP contribution in [0.15, 0.2) is 71.5 Å². The molecule has 0 aliphatic carbocycles. The molecule has 17 heteroatoms. The lowest BCUT2D eigenvalue weighted by Crippen LogP contribution is -2.63. The van der Waals surface area contributed by atoms with E-state index in [9.17, 15) is 14.4 Å². The molecular weight excluding hydrogens is 875 g/mol. The van der Waals surface area contributed by atoms with Gasteiger partial charge in [-0.25, -0.2) is 19.7 Å². The van der Waals surface area contributed by atoms with E-state index in [1.54, 1.807) is 11.2 Å². The third kappa shape index (κ3) is 10.2. The third-order valence-corrected chi connectivity index (χ3v) is 15.4. The number of aromatic nitrogens is 5. The molecule has 4 amide bonds. The Morgan fingerprint density at radius 3 is 2.41 bits per heavy atom. The van der Waals surface area contributed by atoms with E-state index < -0.39 is 14.0 Å². The Morgan fingerprint density at radius 2 is 1.71 bits per heavy atom. The van der Waals surface area contributed by atoms with Gasteiger partial charge in [-0.3, -0.25) is 19.4 Å². The zero-order valence-corrected chi connectivity index (χ0v) is 41.8. The van der Waals surface area contributed by atoms with Crippen molar-refractivity contribution in [3.8, 4) is 11.3 Å². The van der Waals surface area contributed by atoms with Crippen molar-refractivity contribution in [3.05, 3.63) is 95.4 Å². The van der Waals surface area contributed by atoms with Crippen molar-refractivity contribution in [1.82, 2.24) is 45.1 Å². The first kappa shape index (κ1) is 47.1. The summed E-state index contributed by atoms with van der Waals surface area (Å²) in [6.45, 7) is 24.9. The van der Waals surface area contributed by atoms with Crippen LogP contribution in [0.25, 0.3) is 33.2 Å². The van der Waals surface area contributed by atoms with Gasteiger partial charge in [-0.2, -0.15) is 4.98 Å². The summed E-state index contributed by atoms with van der Waals surface area (Å²) in [6, 6.07) is 22.0. The highest BCUT2D eigenvalue weighted by Crippen LogP contribution is 2.35. The molecule has 68 heavy (non-hydrogen) atoms. The minimum absolute atomic E-state index is 0.00951. The van der Waals surface area contributed by atoms with Gasteiger partial charge in [-0.05, 0) is 79.4 Å². The van der Waals surface area contributed by atoms with Gasteiger partial charge in [0.1, 0.15) is 18.7 Å². The molecular formula is C51H65N11O5Si. The molecule has 9 rings (SSSR count). The lowest BCUT2D eigenvalue weighted by atomic mass is 9.96. The molecule has 1 atom stereocenters. The van der Waals surface area contributed by atoms with Crippen LogP contribution in [0.5, 0.6) is 0 Å². The second kappa shape index (κ2) is 19.2. The number of anilines is 2. The quantitative estimate of drug-likeness (QED) is 0.0759. The Kier molecular flexibility index (Phi) is 13.3. The van der Waals surface area contributed by atoms with Crippen molar-refractivity contribution in [3.63, 3.8) is 0 Å². The van der Waals surface area contributed by atoms with Crippen LogP contribution < -0.4 is 15.1 Å². The number of piperazine rings is 1. The average Bonchev–Trinajstić information content (AvgIpc) is 3.94. The summed E-state index contributed by atoms with van der Waals surface area (Å²) in [5.41, 5.74) is 8.61. The lowest BCUT2D eigenvalue weighted by molar-refractivity contribution is -0.133. The van der Waals surface area contributed by atoms with Gasteiger partial charge in [-0.15, -0.1) is 0 Å². The molecule has 3 saturated heterocycles. The number of aryl methyl sites for hydroxylation is 1. The molecule has 0 spiro atoms. The summed E-state index contributed by atoms with van der Waals surface area (Å²) in [5, 5.41) is 9.08. The molecule has 6 heterocycles. The maximum Gasteiger partial charge on any atom is 0.333 e. The lowest BCUT2D eigenvalue weighted by Gasteiger charge is -2.49. The van der Waals surface area contributed by atoms with Crippen molar-refractivity contribution in [1.29, 1.82) is 0 Å². The van der Waals surface area contributed by atoms with Crippen LogP contribution in [0.2, 0.25) is 25.7 Å². The fourth-order valence-corrected chi connectivity index (χ4v) is 10.1. The van der Waals surface area contributed by atoms with Crippen LogP contribution in [0.1, 0.15) is 73.4 Å². The Hall–Kier alpha value is -6.01. The van der Waals surface area contributed by atoms with Crippen LogP contribution in [-0.2, 0) is 21.4 Å². The van der Waals surface area contributed by atoms with Crippen LogP contribution in [0.4, 0.5) is 16.2 Å². The van der Waals surface area contributed by atoms with Crippen molar-refractivity contribution in [2.45, 2.75) is 90.6 Å². The standard InChI is InChI=1S/C51H65N11O5Si/c1-33-27-36(10-16-40(33)34(2)54-47(64)48-56-49(57-67-48)51(3,4)5)45-44-41-15-9-35(28-42(41)55-46(44)53-31-52-45)17-19-58-21-23-59(24-22-58)39-29-60(30-39)37-11-13-38(14-12-37)61-20-18-43(63)62(50(61)65)32-66-25-26-68(6,7)8/h9-16,27-28,31,34,39H,17-26,29-30,32H2,1-8H3,(H,54,64)(H,52,53,55)/t34-/m1/s1. The van der Waals surface area contributed by atoms with Gasteiger partial charge in [-0.1, -0.05) is 69.8 Å². The number of carbonyl (C=O) groups is 3. The number of amides is 4. The smallest absolute Gasteiger partial charge is 0.333 e. The number of H-pyrrole nitrogens is 1. The SMILES string of the molecule is Cc1cc(-c2ncnc3[nH]c4cc(CCN5CCN(C6CN(c7ccc(N8CCC(=O)N(COCC[Si](C)(C)C)C8=O)cc7)C6)CC5)ccc4c23)ccc1[C@@H](C)NC(=O)c1nc(C(C)(C)C)no1. The summed E-state index contributed by atoms with van der Waals surface area (Å²) >= 11 is 0. The Morgan fingerprint density at radius 1 is 0.956 bits per heavy atom. The molecule has 6 aromatic rings. The van der Waals surface area contributed by atoms with E-state index in [0.29, 0.717) is 31.4 Å². The van der Waals surface area contributed by atoms with E-state index in [1.807, 2.05) is 52.8 Å². The number of urea groups is 1. The van der Waals surface area contributed by atoms with E-state index in [1.165, 1.54) is 10.5 Å². The Balaban J connectivity index is 0.748. The first-order valence-corrected chi connectivity index (χ1v) is 27.7. The second-order valence-electron chi connectivity index (χ2n) is 20.9. The molecule has 0 saturated carbocycles. The molecule has 3 aliphatic heterocycles. The monoisotopic (exact) mass is 939 g/mol. The highest BCUT2D eigenvalue weighted by molar-refractivity contribution is 6.76. The van der Waals surface area contributed by atoms with Crippen LogP contribution >= 0.6 is 0 Å². The van der Waals surface area contributed by atoms with Crippen molar-refractivity contribution in [2.24, 2.45) is 0 Å². The molecule has 3 aliphatic rings. The predicted octanol–water partition coefficient (Wildman–Crippen LogP) is 7.78. The molecule has 358 valence electrons. The van der Waals surface area contributed by atoms with E-state index in [-0.39, 0.29) is 36.0 Å². The fraction of sp³-hybridized carbons (Fsp3) is 0.471. The average molecular weight is 940 g/mol. The number of nitrogens with one attached hydrogen (secondary N) is 2. The topological polar surface area (TPSA) is 169 Å². The predicted molar refractivity (Wildman–Crippen MR) is 268 cm³/mol. The van der Waals surface area contributed by atoms with Crippen molar-refractivity contribution >= 4 is 59.2 Å². The molecule has 16 nitrogen and oxygen atoms in total. The third-order valence-electron chi connectivity index (χ3n) is 13.7. The van der Waals surface area contributed by atoms with Crippen LogP contribution in [-0.4, -0.2) is 137 Å². The summed E-state index contributed by atoms with van der Waals surface area (Å²) in [7, 11) is -1.26. The van der Waals surface area contributed by atoms with Crippen LogP contribution in [0, 0.1) is 6.92 Å². The first-order valence-electron chi connectivity index (χ1n) is 24.0. The maximum atomic E-state index is 13.3. The molecule has 0 unspecified atom stereocenters. The molecule has 3 aromatic heterocycles. The number of hydrogen-bond donors (Lipinski definition) is 2. The van der Waals surface area contributed by atoms with Gasteiger partial charge in [0.05, 0.1) is 17.1 Å². The number of nitrogens with zero attached hydrogens (tertiary/aromatic N) is 9. The Bertz CT molecular complexity index is 2800. The van der Waals surface area contributed by atoms with Gasteiger partial charge in [0.2, 0.25) is 5.91 Å². The summed E-state index contributed by atoms with van der Waals surface area (Å²) in [5.74, 6) is -0.137. The zero-order chi connectivity index (χ0) is 47.9. The second-order valence-corrected chi connectivity index (χ2v) is 26.6. The molecule has 0 bridgehead atoms. The van der Waals surface area contributed by atoms with Crippen molar-refractivity contribution in [2.75, 3.05) is 75.5 Å². The van der Waals surface area contributed by atoms with Gasteiger partial charge in [0.25, 0.3) is 0 Å². The van der Waals surface area contributed by atoms with E-state index >= 15 is 0 Å². The highest BCUT2D eigenvalue weighted by atomic mass is 28.3. The summed E-state index contributed by atoms with van der Waals surface area (Å²) in [6.07, 6.45) is 2.86. The van der Waals surface area contributed by atoms with Gasteiger partial charge in [0.15, 0.2) is 5.82 Å². The number of fused-ring (bicyclic) bond motifs is 3. The molecule has 3 aromatic carbocycles. The van der Waals surface area contributed by atoms with Gasteiger partial charge < -0.3 is 29.4 Å². The minimum atomic E-state index is -1.26. The number of hydrogen-bond acceptors (Lipinski definition) is 12. The van der Waals surface area contributed by atoms with Crippen molar-refractivity contribution < 1.29 is 23.6 Å². The number of benzene rings is 3. The number of rotatable bonds is 15. The van der Waals surface area contributed by atoms with E-state index in [2.05, 4.69) is 102 Å². The number of imide groups is 1. The van der Waals surface area contributed by atoms with Crippen LogP contribution in [0.3, 0.4) is 0 Å². The fourth-order valence-electron chi connectivity index (χ4n) is 9.39. The largest absolute Gasteiger partial charge is 0.368 e. The Labute approximate surface area is 399 Å². The van der Waals surface area contributed by atoms with Gasteiger partial charge >= 0.3 is 17.8 Å². The van der Waals surface area contributed by atoms with E-state index in [4.69, 9.17) is 14.2 Å². The first-order chi connectivity index (χ1) is 32.5. The molecule has 0 radical (unpaired) electrons. The minimum Gasteiger partial charge on any atom is -0.368 e. The molecule has 3 fully saturated rings. The highest BCUT2D eigenvalue weighted by Gasteiger charge is 2.36. The van der Waals surface area contributed by atoms with Gasteiger partial charge in [0, 0.05) is 113 Å². The molecule has 2 N–H and O–H groups in total.